The van der Waals surface area contributed by atoms with Crippen molar-refractivity contribution >= 4 is 5.91 Å². The lowest BCUT2D eigenvalue weighted by Crippen LogP contribution is -2.24. The number of rotatable bonds is 7. The molecule has 2 aromatic carbocycles. The molecule has 0 spiro atoms. The van der Waals surface area contributed by atoms with Crippen molar-refractivity contribution in [2.45, 2.75) is 39.2 Å². The zero-order valence-corrected chi connectivity index (χ0v) is 12.6. The summed E-state index contributed by atoms with van der Waals surface area (Å²) in [6.45, 7) is 2.79. The number of nitrogens with one attached hydrogen (secondary N) is 1. The molecular weight excluding hydrogens is 258 g/mol. The Morgan fingerprint density at radius 3 is 2.24 bits per heavy atom. The third-order valence-corrected chi connectivity index (χ3v) is 3.54. The smallest absolute Gasteiger partial charge is 0.224 e. The van der Waals surface area contributed by atoms with E-state index < -0.39 is 0 Å². The molecule has 0 saturated carbocycles. The van der Waals surface area contributed by atoms with Gasteiger partial charge in [-0.2, -0.15) is 0 Å². The van der Waals surface area contributed by atoms with E-state index in [0.717, 1.165) is 17.5 Å². The average molecular weight is 281 g/mol. The fraction of sp³-hybridized carbons (Fsp3) is 0.316. The molecule has 0 heterocycles. The molecule has 0 aliphatic heterocycles. The summed E-state index contributed by atoms with van der Waals surface area (Å²) in [7, 11) is 0. The monoisotopic (exact) mass is 281 g/mol. The van der Waals surface area contributed by atoms with Gasteiger partial charge in [0.15, 0.2) is 0 Å². The quantitative estimate of drug-likeness (QED) is 0.819. The molecule has 21 heavy (non-hydrogen) atoms. The highest BCUT2D eigenvalue weighted by Gasteiger charge is 2.03. The molecule has 110 valence electrons. The molecule has 0 aliphatic carbocycles. The third-order valence-electron chi connectivity index (χ3n) is 3.54. The molecule has 2 nitrogen and oxygen atoms in total. The van der Waals surface area contributed by atoms with Gasteiger partial charge in [-0.15, -0.1) is 0 Å². The molecule has 2 heteroatoms. The molecule has 1 amide bonds. The van der Waals surface area contributed by atoms with E-state index in [-0.39, 0.29) is 5.91 Å². The van der Waals surface area contributed by atoms with Crippen molar-refractivity contribution in [1.29, 1.82) is 0 Å². The zero-order chi connectivity index (χ0) is 14.9. The van der Waals surface area contributed by atoms with Gasteiger partial charge in [0.25, 0.3) is 0 Å². The minimum Gasteiger partial charge on any atom is -0.352 e. The summed E-state index contributed by atoms with van der Waals surface area (Å²) >= 11 is 0. The van der Waals surface area contributed by atoms with Gasteiger partial charge in [0.2, 0.25) is 5.91 Å². The van der Waals surface area contributed by atoms with Gasteiger partial charge in [-0.1, -0.05) is 67.9 Å². The fourth-order valence-electron chi connectivity index (χ4n) is 2.25. The second kappa shape index (κ2) is 8.25. The van der Waals surface area contributed by atoms with Crippen molar-refractivity contribution in [2.24, 2.45) is 0 Å². The summed E-state index contributed by atoms with van der Waals surface area (Å²) in [6, 6.07) is 18.4. The molecule has 0 saturated heterocycles. The highest BCUT2D eigenvalue weighted by molar-refractivity contribution is 5.78. The molecule has 2 aromatic rings. The predicted molar refractivity (Wildman–Crippen MR) is 87.0 cm³/mol. The van der Waals surface area contributed by atoms with Crippen LogP contribution >= 0.6 is 0 Å². The maximum Gasteiger partial charge on any atom is 0.224 e. The minimum atomic E-state index is 0.0696. The van der Waals surface area contributed by atoms with Crippen LogP contribution in [0.5, 0.6) is 0 Å². The Labute approximate surface area is 127 Å². The second-order valence-corrected chi connectivity index (χ2v) is 5.36. The van der Waals surface area contributed by atoms with E-state index >= 15 is 0 Å². The number of unbranched alkanes of at least 4 members (excludes halogenated alkanes) is 1. The molecule has 0 fully saturated rings. The zero-order valence-electron chi connectivity index (χ0n) is 12.6. The minimum absolute atomic E-state index is 0.0696. The first kappa shape index (κ1) is 15.3. The van der Waals surface area contributed by atoms with Crippen LogP contribution in [0.15, 0.2) is 54.6 Å². The molecule has 0 aromatic heterocycles. The Morgan fingerprint density at radius 2 is 1.57 bits per heavy atom. The molecule has 0 unspecified atom stereocenters. The van der Waals surface area contributed by atoms with Gasteiger partial charge in [0.05, 0.1) is 6.42 Å². The van der Waals surface area contributed by atoms with Gasteiger partial charge in [-0.05, 0) is 29.5 Å². The summed E-state index contributed by atoms with van der Waals surface area (Å²) in [5.41, 5.74) is 3.55. The van der Waals surface area contributed by atoms with Crippen LogP contribution in [-0.2, 0) is 24.2 Å². The molecule has 1 N–H and O–H groups in total. The van der Waals surface area contributed by atoms with Gasteiger partial charge in [-0.3, -0.25) is 4.79 Å². The van der Waals surface area contributed by atoms with Crippen molar-refractivity contribution in [3.05, 3.63) is 71.3 Å². The van der Waals surface area contributed by atoms with Crippen molar-refractivity contribution in [1.82, 2.24) is 5.32 Å². The number of hydrogen-bond donors (Lipinski definition) is 1. The molecule has 0 radical (unpaired) electrons. The standard InChI is InChI=1S/C19H23NO/c1-2-3-7-16-10-12-17(13-11-16)14-19(21)20-15-18-8-5-4-6-9-18/h4-6,8-13H,2-3,7,14-15H2,1H3,(H,20,21). The van der Waals surface area contributed by atoms with Crippen LogP contribution in [0.1, 0.15) is 36.5 Å². The second-order valence-electron chi connectivity index (χ2n) is 5.36. The number of benzene rings is 2. The summed E-state index contributed by atoms with van der Waals surface area (Å²) in [4.78, 5) is 11.9. The van der Waals surface area contributed by atoms with E-state index in [4.69, 9.17) is 0 Å². The molecule has 0 bridgehead atoms. The fourth-order valence-corrected chi connectivity index (χ4v) is 2.25. The molecule has 2 rings (SSSR count). The van der Waals surface area contributed by atoms with E-state index in [0.29, 0.717) is 13.0 Å². The van der Waals surface area contributed by atoms with Crippen LogP contribution < -0.4 is 5.32 Å². The molecular formula is C19H23NO. The number of carbonyl (C=O) groups excluding carboxylic acids is 1. The Balaban J connectivity index is 1.79. The first-order valence-corrected chi connectivity index (χ1v) is 7.66. The van der Waals surface area contributed by atoms with E-state index in [2.05, 4.69) is 36.5 Å². The van der Waals surface area contributed by atoms with Crippen LogP contribution in [0.3, 0.4) is 0 Å². The number of hydrogen-bond acceptors (Lipinski definition) is 1. The lowest BCUT2D eigenvalue weighted by molar-refractivity contribution is -0.120. The van der Waals surface area contributed by atoms with Crippen molar-refractivity contribution < 1.29 is 4.79 Å². The maximum atomic E-state index is 11.9. The van der Waals surface area contributed by atoms with Crippen LogP contribution in [0, 0.1) is 0 Å². The summed E-state index contributed by atoms with van der Waals surface area (Å²) < 4.78 is 0. The lowest BCUT2D eigenvalue weighted by Gasteiger charge is -2.06. The molecule has 0 aliphatic rings. The largest absolute Gasteiger partial charge is 0.352 e. The Kier molecular flexibility index (Phi) is 6.01. The SMILES string of the molecule is CCCCc1ccc(CC(=O)NCc2ccccc2)cc1. The van der Waals surface area contributed by atoms with Crippen LogP contribution in [0.2, 0.25) is 0 Å². The van der Waals surface area contributed by atoms with Crippen LogP contribution in [-0.4, -0.2) is 5.91 Å². The van der Waals surface area contributed by atoms with Crippen molar-refractivity contribution in [3.63, 3.8) is 0 Å². The maximum absolute atomic E-state index is 11.9. The van der Waals surface area contributed by atoms with Gasteiger partial charge in [0, 0.05) is 6.54 Å². The predicted octanol–water partition coefficient (Wildman–Crippen LogP) is 3.89. The number of carbonyl (C=O) groups is 1. The topological polar surface area (TPSA) is 29.1 Å². The van der Waals surface area contributed by atoms with E-state index in [1.54, 1.807) is 0 Å². The first-order chi connectivity index (χ1) is 10.3. The van der Waals surface area contributed by atoms with Gasteiger partial charge in [0.1, 0.15) is 0 Å². The summed E-state index contributed by atoms with van der Waals surface area (Å²) in [5.74, 6) is 0.0696. The molecule has 0 atom stereocenters. The van der Waals surface area contributed by atoms with Crippen molar-refractivity contribution in [3.8, 4) is 0 Å². The summed E-state index contributed by atoms with van der Waals surface area (Å²) in [5, 5.41) is 2.96. The Bertz CT molecular complexity index is 546. The normalized spacial score (nSPS) is 10.3. The van der Waals surface area contributed by atoms with E-state index in [1.807, 2.05) is 30.3 Å². The average Bonchev–Trinajstić information content (AvgIpc) is 2.53. The Hall–Kier alpha value is -2.09. The van der Waals surface area contributed by atoms with E-state index in [1.165, 1.54) is 18.4 Å². The highest BCUT2D eigenvalue weighted by Crippen LogP contribution is 2.08. The summed E-state index contributed by atoms with van der Waals surface area (Å²) in [6.07, 6.45) is 4.00. The number of amides is 1. The third kappa shape index (κ3) is 5.42. The lowest BCUT2D eigenvalue weighted by atomic mass is 10.0. The number of aryl methyl sites for hydroxylation is 1. The van der Waals surface area contributed by atoms with Crippen LogP contribution in [0.4, 0.5) is 0 Å². The van der Waals surface area contributed by atoms with Crippen molar-refractivity contribution in [2.75, 3.05) is 0 Å². The van der Waals surface area contributed by atoms with Gasteiger partial charge in [-0.25, -0.2) is 0 Å². The highest BCUT2D eigenvalue weighted by atomic mass is 16.1. The van der Waals surface area contributed by atoms with Gasteiger partial charge >= 0.3 is 0 Å². The van der Waals surface area contributed by atoms with E-state index in [9.17, 15) is 4.79 Å². The van der Waals surface area contributed by atoms with Crippen LogP contribution in [0.25, 0.3) is 0 Å². The Morgan fingerprint density at radius 1 is 0.905 bits per heavy atom. The first-order valence-electron chi connectivity index (χ1n) is 7.66. The van der Waals surface area contributed by atoms with Gasteiger partial charge < -0.3 is 5.32 Å².